The number of piperazine rings is 1. The van der Waals surface area contributed by atoms with Gasteiger partial charge in [-0.1, -0.05) is 0 Å². The number of aliphatic imine (C=N–C) groups is 1. The Morgan fingerprint density at radius 1 is 1.53 bits per heavy atom. The summed E-state index contributed by atoms with van der Waals surface area (Å²) in [5, 5.41) is 2.29. The topological polar surface area (TPSA) is 99.8 Å². The maximum absolute atomic E-state index is 11.7. The molecule has 1 aliphatic rings. The molecule has 1 aliphatic heterocycles. The SMILES string of the molecule is CC(C)N=C(NN)N1CC(=O)NC(=O)C1(C)C. The number of carbonyl (C=O) groups is 2. The fourth-order valence-electron chi connectivity index (χ4n) is 1.55. The molecule has 0 unspecified atom stereocenters. The molecule has 7 heteroatoms. The normalized spacial score (nSPS) is 20.6. The van der Waals surface area contributed by atoms with E-state index in [4.69, 9.17) is 5.84 Å². The van der Waals surface area contributed by atoms with E-state index in [1.54, 1.807) is 18.7 Å². The molecule has 0 aliphatic carbocycles. The molecule has 2 amide bonds. The van der Waals surface area contributed by atoms with Crippen LogP contribution in [0.3, 0.4) is 0 Å². The van der Waals surface area contributed by atoms with Crippen molar-refractivity contribution < 1.29 is 9.59 Å². The maximum Gasteiger partial charge on any atom is 0.252 e. The molecule has 1 heterocycles. The molecule has 17 heavy (non-hydrogen) atoms. The lowest BCUT2D eigenvalue weighted by Gasteiger charge is -2.41. The first kappa shape index (κ1) is 13.4. The minimum Gasteiger partial charge on any atom is -0.318 e. The van der Waals surface area contributed by atoms with Crippen molar-refractivity contribution in [3.05, 3.63) is 0 Å². The molecule has 1 saturated heterocycles. The Morgan fingerprint density at radius 2 is 2.12 bits per heavy atom. The lowest BCUT2D eigenvalue weighted by molar-refractivity contribution is -0.142. The molecular weight excluding hydrogens is 222 g/mol. The fourth-order valence-corrected chi connectivity index (χ4v) is 1.55. The Labute approximate surface area is 100 Å². The van der Waals surface area contributed by atoms with Gasteiger partial charge in [0.2, 0.25) is 11.9 Å². The third-order valence-corrected chi connectivity index (χ3v) is 2.55. The van der Waals surface area contributed by atoms with Gasteiger partial charge in [-0.25, -0.2) is 10.8 Å². The molecule has 0 spiro atoms. The first-order chi connectivity index (χ1) is 7.78. The van der Waals surface area contributed by atoms with Gasteiger partial charge in [0.1, 0.15) is 12.1 Å². The lowest BCUT2D eigenvalue weighted by Crippen LogP contribution is -2.68. The summed E-state index contributed by atoms with van der Waals surface area (Å²) in [4.78, 5) is 28.9. The van der Waals surface area contributed by atoms with Crippen LogP contribution in [0.15, 0.2) is 4.99 Å². The minimum atomic E-state index is -0.867. The van der Waals surface area contributed by atoms with Gasteiger partial charge in [0, 0.05) is 6.04 Å². The summed E-state index contributed by atoms with van der Waals surface area (Å²) in [5.74, 6) is 5.02. The van der Waals surface area contributed by atoms with Crippen molar-refractivity contribution in [2.24, 2.45) is 10.8 Å². The van der Waals surface area contributed by atoms with Gasteiger partial charge < -0.3 is 4.90 Å². The Bertz CT molecular complexity index is 362. The van der Waals surface area contributed by atoms with E-state index in [0.717, 1.165) is 0 Å². The molecule has 0 saturated carbocycles. The van der Waals surface area contributed by atoms with E-state index < -0.39 is 5.54 Å². The zero-order valence-electron chi connectivity index (χ0n) is 10.6. The van der Waals surface area contributed by atoms with Gasteiger partial charge in [-0.3, -0.25) is 20.3 Å². The van der Waals surface area contributed by atoms with E-state index in [0.29, 0.717) is 5.96 Å². The molecule has 0 radical (unpaired) electrons. The number of nitrogens with one attached hydrogen (secondary N) is 2. The standard InChI is InChI=1S/C10H19N5O2/c1-6(2)12-9(14-11)15-5-7(16)13-8(17)10(15,3)4/h6H,5,11H2,1-4H3,(H,12,14)(H,13,16,17). The Morgan fingerprint density at radius 3 is 2.59 bits per heavy atom. The van der Waals surface area contributed by atoms with Crippen molar-refractivity contribution in [2.75, 3.05) is 6.54 Å². The summed E-state index contributed by atoms with van der Waals surface area (Å²) in [6.45, 7) is 7.24. The number of hydrogen-bond donors (Lipinski definition) is 3. The summed E-state index contributed by atoms with van der Waals surface area (Å²) in [6, 6.07) is 0.0111. The summed E-state index contributed by atoms with van der Waals surface area (Å²) in [7, 11) is 0. The molecule has 1 rings (SSSR count). The second-order valence-corrected chi connectivity index (χ2v) is 4.71. The van der Waals surface area contributed by atoms with Crippen molar-refractivity contribution in [1.82, 2.24) is 15.6 Å². The summed E-state index contributed by atoms with van der Waals surface area (Å²) < 4.78 is 0. The number of rotatable bonds is 1. The molecule has 4 N–H and O–H groups in total. The van der Waals surface area contributed by atoms with E-state index >= 15 is 0 Å². The van der Waals surface area contributed by atoms with Gasteiger partial charge >= 0.3 is 0 Å². The predicted molar refractivity (Wildman–Crippen MR) is 63.8 cm³/mol. The molecule has 0 aromatic carbocycles. The first-order valence-corrected chi connectivity index (χ1v) is 5.45. The van der Waals surface area contributed by atoms with Crippen LogP contribution in [-0.4, -0.2) is 40.8 Å². The van der Waals surface area contributed by atoms with Crippen molar-refractivity contribution in [3.63, 3.8) is 0 Å². The molecule has 0 bridgehead atoms. The second-order valence-electron chi connectivity index (χ2n) is 4.71. The van der Waals surface area contributed by atoms with E-state index in [2.05, 4.69) is 15.7 Å². The van der Waals surface area contributed by atoms with E-state index in [-0.39, 0.29) is 24.4 Å². The lowest BCUT2D eigenvalue weighted by atomic mass is 9.99. The monoisotopic (exact) mass is 241 g/mol. The number of amides is 2. The largest absolute Gasteiger partial charge is 0.318 e. The van der Waals surface area contributed by atoms with Crippen LogP contribution in [0, 0.1) is 0 Å². The highest BCUT2D eigenvalue weighted by Crippen LogP contribution is 2.18. The van der Waals surface area contributed by atoms with Gasteiger partial charge in [-0.2, -0.15) is 0 Å². The molecule has 1 fully saturated rings. The van der Waals surface area contributed by atoms with Gasteiger partial charge in [0.05, 0.1) is 0 Å². The summed E-state index contributed by atoms with van der Waals surface area (Å²) in [6.07, 6.45) is 0. The third kappa shape index (κ3) is 2.73. The highest BCUT2D eigenvalue weighted by Gasteiger charge is 2.42. The predicted octanol–water partition coefficient (Wildman–Crippen LogP) is -1.05. The summed E-state index contributed by atoms with van der Waals surface area (Å²) in [5.41, 5.74) is 1.58. The minimum absolute atomic E-state index is 0.0111. The van der Waals surface area contributed by atoms with Crippen LogP contribution in [0.25, 0.3) is 0 Å². The fraction of sp³-hybridized carbons (Fsp3) is 0.700. The van der Waals surface area contributed by atoms with Gasteiger partial charge in [0.15, 0.2) is 0 Å². The van der Waals surface area contributed by atoms with E-state index in [9.17, 15) is 9.59 Å². The average molecular weight is 241 g/mol. The van der Waals surface area contributed by atoms with Crippen LogP contribution in [0.4, 0.5) is 0 Å². The van der Waals surface area contributed by atoms with Crippen LogP contribution in [0.1, 0.15) is 27.7 Å². The second kappa shape index (κ2) is 4.70. The van der Waals surface area contributed by atoms with Crippen LogP contribution in [0.5, 0.6) is 0 Å². The first-order valence-electron chi connectivity index (χ1n) is 5.45. The number of imide groups is 1. The Hall–Kier alpha value is -1.63. The van der Waals surface area contributed by atoms with Crippen LogP contribution < -0.4 is 16.6 Å². The third-order valence-electron chi connectivity index (χ3n) is 2.55. The molecular formula is C10H19N5O2. The van der Waals surface area contributed by atoms with Crippen LogP contribution >= 0.6 is 0 Å². The Balaban J connectivity index is 3.07. The van der Waals surface area contributed by atoms with E-state index in [1.165, 1.54) is 0 Å². The average Bonchev–Trinajstić information content (AvgIpc) is 2.20. The van der Waals surface area contributed by atoms with Gasteiger partial charge in [-0.05, 0) is 27.7 Å². The number of carbonyl (C=O) groups excluding carboxylic acids is 2. The van der Waals surface area contributed by atoms with Crippen molar-refractivity contribution >= 4 is 17.8 Å². The molecule has 0 atom stereocenters. The zero-order chi connectivity index (χ0) is 13.2. The van der Waals surface area contributed by atoms with Crippen molar-refractivity contribution in [1.29, 1.82) is 0 Å². The maximum atomic E-state index is 11.7. The number of hydrazine groups is 1. The van der Waals surface area contributed by atoms with Crippen molar-refractivity contribution in [3.8, 4) is 0 Å². The zero-order valence-corrected chi connectivity index (χ0v) is 10.6. The van der Waals surface area contributed by atoms with Crippen LogP contribution in [0.2, 0.25) is 0 Å². The van der Waals surface area contributed by atoms with Crippen molar-refractivity contribution in [2.45, 2.75) is 39.3 Å². The molecule has 7 nitrogen and oxygen atoms in total. The van der Waals surface area contributed by atoms with Gasteiger partial charge in [0.25, 0.3) is 5.91 Å². The molecule has 0 aromatic rings. The number of nitrogens with zero attached hydrogens (tertiary/aromatic N) is 2. The quantitative estimate of drug-likeness (QED) is 0.179. The van der Waals surface area contributed by atoms with Crippen LogP contribution in [-0.2, 0) is 9.59 Å². The summed E-state index contributed by atoms with van der Waals surface area (Å²) >= 11 is 0. The highest BCUT2D eigenvalue weighted by atomic mass is 16.2. The smallest absolute Gasteiger partial charge is 0.252 e. The highest BCUT2D eigenvalue weighted by molar-refractivity contribution is 6.06. The Kier molecular flexibility index (Phi) is 3.72. The van der Waals surface area contributed by atoms with Gasteiger partial charge in [-0.15, -0.1) is 0 Å². The molecule has 0 aromatic heterocycles. The van der Waals surface area contributed by atoms with E-state index in [1.807, 2.05) is 13.8 Å². The number of guanidine groups is 1. The molecule has 96 valence electrons. The number of hydrogen-bond acceptors (Lipinski definition) is 4. The number of nitrogens with two attached hydrogens (primary N) is 1.